The lowest BCUT2D eigenvalue weighted by molar-refractivity contribution is 0.185. The van der Waals surface area contributed by atoms with Crippen LogP contribution in [0.25, 0.3) is 0 Å². The zero-order valence-corrected chi connectivity index (χ0v) is 9.40. The van der Waals surface area contributed by atoms with Gasteiger partial charge in [-0.1, -0.05) is 0 Å². The Morgan fingerprint density at radius 2 is 1.60 bits per heavy atom. The predicted octanol–water partition coefficient (Wildman–Crippen LogP) is 1.28. The van der Waals surface area contributed by atoms with Gasteiger partial charge < -0.3 is 15.2 Å². The number of hydrogen-bond acceptors (Lipinski definition) is 5. The first-order chi connectivity index (χ1) is 7.13. The molecular weight excluding hydrogens is 196 g/mol. The highest BCUT2D eigenvalue weighted by atomic mass is 16.7. The first kappa shape index (κ1) is 11.5. The summed E-state index contributed by atoms with van der Waals surface area (Å²) in [5.74, 6) is 1.22. The van der Waals surface area contributed by atoms with Gasteiger partial charge >= 0.3 is 0 Å². The van der Waals surface area contributed by atoms with E-state index in [9.17, 15) is 0 Å². The van der Waals surface area contributed by atoms with Crippen LogP contribution in [0, 0.1) is 0 Å². The Kier molecular flexibility index (Phi) is 3.62. The molecule has 15 heavy (non-hydrogen) atoms. The average Bonchev–Trinajstić information content (AvgIpc) is 2.27. The van der Waals surface area contributed by atoms with Crippen molar-refractivity contribution in [2.24, 2.45) is 0 Å². The zero-order chi connectivity index (χ0) is 11.4. The molecular formula is C10H16N2O3. The van der Waals surface area contributed by atoms with Gasteiger partial charge in [0, 0.05) is 19.2 Å². The van der Waals surface area contributed by atoms with Crippen molar-refractivity contribution in [1.29, 1.82) is 0 Å². The highest BCUT2D eigenvalue weighted by Gasteiger charge is 2.11. The zero-order valence-electron chi connectivity index (χ0n) is 9.40. The third kappa shape index (κ3) is 2.24. The van der Waals surface area contributed by atoms with Crippen molar-refractivity contribution in [3.05, 3.63) is 12.1 Å². The van der Waals surface area contributed by atoms with E-state index in [4.69, 9.17) is 20.0 Å². The molecule has 5 heteroatoms. The molecule has 0 radical (unpaired) electrons. The van der Waals surface area contributed by atoms with Gasteiger partial charge in [-0.3, -0.25) is 9.90 Å². The molecule has 1 rings (SSSR count). The average molecular weight is 212 g/mol. The molecule has 0 spiro atoms. The number of rotatable bonds is 4. The van der Waals surface area contributed by atoms with Crippen LogP contribution >= 0.6 is 0 Å². The van der Waals surface area contributed by atoms with E-state index in [1.54, 1.807) is 45.6 Å². The van der Waals surface area contributed by atoms with E-state index in [0.717, 1.165) is 5.69 Å². The molecule has 0 fully saturated rings. The fourth-order valence-electron chi connectivity index (χ4n) is 1.26. The molecule has 0 unspecified atom stereocenters. The molecule has 2 N–H and O–H groups in total. The summed E-state index contributed by atoms with van der Waals surface area (Å²) >= 11 is 0. The SMILES string of the molecule is COc1cc(N)c(N(C)OC)cc1OC. The fraction of sp³-hybridized carbons (Fsp3) is 0.400. The standard InChI is InChI=1S/C10H16N2O3/c1-12(15-4)8-6-10(14-3)9(13-2)5-7(8)11/h5-6H,11H2,1-4H3. The summed E-state index contributed by atoms with van der Waals surface area (Å²) in [4.78, 5) is 5.05. The molecule has 0 aliphatic heterocycles. The molecule has 1 aromatic rings. The van der Waals surface area contributed by atoms with Crippen LogP contribution in [0.1, 0.15) is 0 Å². The molecule has 0 amide bonds. The highest BCUT2D eigenvalue weighted by Crippen LogP contribution is 2.36. The topological polar surface area (TPSA) is 57.0 Å². The van der Waals surface area contributed by atoms with Gasteiger partial charge in [-0.05, 0) is 0 Å². The van der Waals surface area contributed by atoms with Crippen LogP contribution in [-0.2, 0) is 4.84 Å². The van der Waals surface area contributed by atoms with Crippen LogP contribution in [0.2, 0.25) is 0 Å². The van der Waals surface area contributed by atoms with Crippen LogP contribution in [0.5, 0.6) is 11.5 Å². The van der Waals surface area contributed by atoms with Gasteiger partial charge in [0.25, 0.3) is 0 Å². The number of hydrogen-bond donors (Lipinski definition) is 1. The lowest BCUT2D eigenvalue weighted by atomic mass is 10.2. The van der Waals surface area contributed by atoms with Gasteiger partial charge in [0.15, 0.2) is 11.5 Å². The van der Waals surface area contributed by atoms with Crippen molar-refractivity contribution in [2.45, 2.75) is 0 Å². The van der Waals surface area contributed by atoms with Crippen LogP contribution in [0.4, 0.5) is 11.4 Å². The summed E-state index contributed by atoms with van der Waals surface area (Å²) in [6.07, 6.45) is 0. The smallest absolute Gasteiger partial charge is 0.163 e. The molecule has 1 aromatic carbocycles. The Morgan fingerprint density at radius 3 is 2.07 bits per heavy atom. The van der Waals surface area contributed by atoms with E-state index < -0.39 is 0 Å². The second-order valence-corrected chi connectivity index (χ2v) is 2.95. The van der Waals surface area contributed by atoms with E-state index in [2.05, 4.69) is 0 Å². The number of anilines is 2. The van der Waals surface area contributed by atoms with E-state index in [1.165, 1.54) is 0 Å². The molecule has 0 heterocycles. The molecule has 5 nitrogen and oxygen atoms in total. The van der Waals surface area contributed by atoms with Gasteiger partial charge in [0.05, 0.1) is 32.7 Å². The summed E-state index contributed by atoms with van der Waals surface area (Å²) in [5.41, 5.74) is 7.14. The van der Waals surface area contributed by atoms with Gasteiger partial charge in [0.1, 0.15) is 0 Å². The Labute approximate surface area is 89.3 Å². The Morgan fingerprint density at radius 1 is 1.07 bits per heavy atom. The first-order valence-electron chi connectivity index (χ1n) is 4.43. The van der Waals surface area contributed by atoms with Gasteiger partial charge in [0.2, 0.25) is 0 Å². The normalized spacial score (nSPS) is 9.87. The molecule has 0 bridgehead atoms. The maximum atomic E-state index is 5.84. The Bertz CT molecular complexity index is 342. The third-order valence-electron chi connectivity index (χ3n) is 2.15. The second-order valence-electron chi connectivity index (χ2n) is 2.95. The quantitative estimate of drug-likeness (QED) is 0.602. The second kappa shape index (κ2) is 4.75. The number of hydroxylamine groups is 1. The van der Waals surface area contributed by atoms with Crippen LogP contribution < -0.4 is 20.3 Å². The summed E-state index contributed by atoms with van der Waals surface area (Å²) in [7, 11) is 6.47. The van der Waals surface area contributed by atoms with E-state index in [-0.39, 0.29) is 0 Å². The minimum atomic E-state index is 0.567. The van der Waals surface area contributed by atoms with Crippen molar-refractivity contribution in [2.75, 3.05) is 39.2 Å². The van der Waals surface area contributed by atoms with Crippen molar-refractivity contribution in [3.63, 3.8) is 0 Å². The summed E-state index contributed by atoms with van der Waals surface area (Å²) in [6.45, 7) is 0. The molecule has 0 saturated carbocycles. The molecule has 84 valence electrons. The van der Waals surface area contributed by atoms with Crippen molar-refractivity contribution in [1.82, 2.24) is 0 Å². The highest BCUT2D eigenvalue weighted by molar-refractivity contribution is 5.72. The lowest BCUT2D eigenvalue weighted by Gasteiger charge is -2.19. The summed E-state index contributed by atoms with van der Waals surface area (Å²) in [5, 5.41) is 1.55. The van der Waals surface area contributed by atoms with Crippen molar-refractivity contribution >= 4 is 11.4 Å². The number of ether oxygens (including phenoxy) is 2. The number of nitrogens with two attached hydrogens (primary N) is 1. The first-order valence-corrected chi connectivity index (χ1v) is 4.43. The number of nitrogens with zero attached hydrogens (tertiary/aromatic N) is 1. The lowest BCUT2D eigenvalue weighted by Crippen LogP contribution is -2.16. The van der Waals surface area contributed by atoms with Crippen LogP contribution in [-0.4, -0.2) is 28.4 Å². The van der Waals surface area contributed by atoms with Gasteiger partial charge in [-0.2, -0.15) is 0 Å². The van der Waals surface area contributed by atoms with Crippen LogP contribution in [0.15, 0.2) is 12.1 Å². The number of nitrogen functional groups attached to an aromatic ring is 1. The summed E-state index contributed by atoms with van der Waals surface area (Å²) < 4.78 is 10.3. The van der Waals surface area contributed by atoms with E-state index in [1.807, 2.05) is 0 Å². The van der Waals surface area contributed by atoms with Crippen LogP contribution in [0.3, 0.4) is 0 Å². The Hall–Kier alpha value is -1.62. The molecule has 0 atom stereocenters. The molecule has 0 aromatic heterocycles. The summed E-state index contributed by atoms with van der Waals surface area (Å²) in [6, 6.07) is 3.46. The minimum Gasteiger partial charge on any atom is -0.493 e. The number of methoxy groups -OCH3 is 2. The largest absolute Gasteiger partial charge is 0.493 e. The predicted molar refractivity (Wildman–Crippen MR) is 59.4 cm³/mol. The van der Waals surface area contributed by atoms with Crippen molar-refractivity contribution in [3.8, 4) is 11.5 Å². The van der Waals surface area contributed by atoms with Gasteiger partial charge in [-0.15, -0.1) is 0 Å². The molecule has 0 aliphatic rings. The third-order valence-corrected chi connectivity index (χ3v) is 2.15. The van der Waals surface area contributed by atoms with E-state index in [0.29, 0.717) is 17.2 Å². The van der Waals surface area contributed by atoms with E-state index >= 15 is 0 Å². The van der Waals surface area contributed by atoms with Crippen molar-refractivity contribution < 1.29 is 14.3 Å². The maximum Gasteiger partial charge on any atom is 0.163 e. The minimum absolute atomic E-state index is 0.567. The Balaban J connectivity index is 3.19. The van der Waals surface area contributed by atoms with Gasteiger partial charge in [-0.25, -0.2) is 0 Å². The number of benzene rings is 1. The molecule has 0 aliphatic carbocycles. The maximum absolute atomic E-state index is 5.84. The monoisotopic (exact) mass is 212 g/mol. The molecule has 0 saturated heterocycles. The fourth-order valence-corrected chi connectivity index (χ4v) is 1.26.